The molecule has 0 saturated heterocycles. The molecule has 11 heteroatoms. The maximum atomic E-state index is 13.0. The van der Waals surface area contributed by atoms with Gasteiger partial charge >= 0.3 is 0 Å². The Hall–Kier alpha value is -4.15. The standard InChI is InChI=1S/C24H24N8O3/c1-12(27-23(34)19-13-4-3-5-18(33)30-20(13)26-11-25-19)16-10-15(32-35-16)22-28-14-6-7-17(24(2)8-9-24)29-21(14)31-22/h6-7,10-12H,3-5,8-9H2,1-2H3,(H,27,34)(H,28,29,31)(H,25,26,30,33)/t12-/m1/s1. The predicted octanol–water partition coefficient (Wildman–Crippen LogP) is 3.22. The topological polar surface area (TPSA) is 152 Å². The molecule has 1 aliphatic carbocycles. The molecule has 1 saturated carbocycles. The second-order valence-electron chi connectivity index (χ2n) is 9.47. The van der Waals surface area contributed by atoms with Gasteiger partial charge in [-0.05, 0) is 44.7 Å². The number of hydrogen-bond donors (Lipinski definition) is 3. The first-order valence-corrected chi connectivity index (χ1v) is 11.7. The van der Waals surface area contributed by atoms with Crippen molar-refractivity contribution in [2.24, 2.45) is 0 Å². The maximum Gasteiger partial charge on any atom is 0.270 e. The predicted molar refractivity (Wildman–Crippen MR) is 125 cm³/mol. The van der Waals surface area contributed by atoms with Gasteiger partial charge < -0.3 is 20.1 Å². The molecule has 4 aromatic heterocycles. The number of rotatable bonds is 5. The van der Waals surface area contributed by atoms with Crippen LogP contribution in [0.3, 0.4) is 0 Å². The summed E-state index contributed by atoms with van der Waals surface area (Å²) in [6.45, 7) is 4.01. The molecular weight excluding hydrogens is 448 g/mol. The number of carbonyl (C=O) groups excluding carboxylic acids is 2. The fraction of sp³-hybridized carbons (Fsp3) is 0.375. The van der Waals surface area contributed by atoms with Crippen molar-refractivity contribution < 1.29 is 14.1 Å². The van der Waals surface area contributed by atoms with Gasteiger partial charge in [-0.25, -0.2) is 19.9 Å². The quantitative estimate of drug-likeness (QED) is 0.400. The number of aromatic nitrogens is 6. The third kappa shape index (κ3) is 3.92. The Morgan fingerprint density at radius 2 is 2.06 bits per heavy atom. The van der Waals surface area contributed by atoms with Gasteiger partial charge in [0, 0.05) is 29.2 Å². The van der Waals surface area contributed by atoms with Gasteiger partial charge in [0.1, 0.15) is 23.5 Å². The molecule has 0 radical (unpaired) electrons. The van der Waals surface area contributed by atoms with E-state index in [2.05, 4.69) is 42.6 Å². The van der Waals surface area contributed by atoms with Gasteiger partial charge in [0.05, 0.1) is 11.6 Å². The van der Waals surface area contributed by atoms with E-state index in [-0.39, 0.29) is 22.9 Å². The highest BCUT2D eigenvalue weighted by atomic mass is 16.5. The number of hydrogen-bond acceptors (Lipinski definition) is 8. The number of nitrogens with zero attached hydrogens (tertiary/aromatic N) is 5. The fourth-order valence-corrected chi connectivity index (χ4v) is 4.31. The third-order valence-electron chi connectivity index (χ3n) is 6.76. The summed E-state index contributed by atoms with van der Waals surface area (Å²) < 4.78 is 5.51. The van der Waals surface area contributed by atoms with Crippen molar-refractivity contribution in [3.63, 3.8) is 0 Å². The highest BCUT2D eigenvalue weighted by Crippen LogP contribution is 2.46. The first-order chi connectivity index (χ1) is 16.9. The van der Waals surface area contributed by atoms with Crippen molar-refractivity contribution in [3.8, 4) is 11.5 Å². The average molecular weight is 473 g/mol. The van der Waals surface area contributed by atoms with Crippen LogP contribution >= 0.6 is 0 Å². The highest BCUT2D eigenvalue weighted by molar-refractivity contribution is 5.97. The number of H-pyrrole nitrogens is 1. The molecule has 1 fully saturated rings. The van der Waals surface area contributed by atoms with Crippen LogP contribution in [0.4, 0.5) is 5.82 Å². The first kappa shape index (κ1) is 21.4. The van der Waals surface area contributed by atoms with Crippen LogP contribution < -0.4 is 10.6 Å². The van der Waals surface area contributed by atoms with Crippen molar-refractivity contribution in [2.45, 2.75) is 57.4 Å². The molecule has 35 heavy (non-hydrogen) atoms. The monoisotopic (exact) mass is 472 g/mol. The smallest absolute Gasteiger partial charge is 0.270 e. The van der Waals surface area contributed by atoms with Gasteiger partial charge in [0.15, 0.2) is 17.2 Å². The molecule has 0 bridgehead atoms. The van der Waals surface area contributed by atoms with Crippen LogP contribution in [0.1, 0.15) is 73.1 Å². The van der Waals surface area contributed by atoms with Crippen LogP contribution in [-0.4, -0.2) is 41.9 Å². The van der Waals surface area contributed by atoms with Gasteiger partial charge in [-0.2, -0.15) is 0 Å². The summed E-state index contributed by atoms with van der Waals surface area (Å²) in [4.78, 5) is 45.7. The Morgan fingerprint density at radius 3 is 2.89 bits per heavy atom. The molecular formula is C24H24N8O3. The Bertz CT molecular complexity index is 1470. The third-order valence-corrected chi connectivity index (χ3v) is 6.76. The number of imidazole rings is 1. The Morgan fingerprint density at radius 1 is 1.20 bits per heavy atom. The number of amides is 2. The van der Waals surface area contributed by atoms with Crippen LogP contribution in [0.25, 0.3) is 22.7 Å². The van der Waals surface area contributed by atoms with E-state index in [1.807, 2.05) is 12.1 Å². The van der Waals surface area contributed by atoms with Crippen LogP contribution in [-0.2, 0) is 16.6 Å². The normalized spacial score (nSPS) is 17.4. The SMILES string of the molecule is C[C@@H](NC(=O)c1ncnc2c1CCCC(=O)N2)c1cc(-c2nc3nc(C4(C)CC4)ccc3[nH]2)no1. The number of carbonyl (C=O) groups is 2. The molecule has 1 aliphatic heterocycles. The first-order valence-electron chi connectivity index (χ1n) is 11.7. The molecule has 0 aromatic carbocycles. The van der Waals surface area contributed by atoms with Crippen LogP contribution in [0.2, 0.25) is 0 Å². The molecule has 5 heterocycles. The number of fused-ring (bicyclic) bond motifs is 2. The maximum absolute atomic E-state index is 13.0. The summed E-state index contributed by atoms with van der Waals surface area (Å²) in [7, 11) is 0. The zero-order valence-electron chi connectivity index (χ0n) is 19.4. The molecule has 6 rings (SSSR count). The van der Waals surface area contributed by atoms with E-state index in [1.54, 1.807) is 13.0 Å². The highest BCUT2D eigenvalue weighted by Gasteiger charge is 2.40. The van der Waals surface area contributed by atoms with Gasteiger partial charge in [0.2, 0.25) is 5.91 Å². The molecule has 2 aliphatic rings. The van der Waals surface area contributed by atoms with E-state index in [0.717, 1.165) is 24.1 Å². The molecule has 178 valence electrons. The number of aromatic amines is 1. The lowest BCUT2D eigenvalue weighted by atomic mass is 10.1. The zero-order chi connectivity index (χ0) is 24.2. The second-order valence-corrected chi connectivity index (χ2v) is 9.47. The summed E-state index contributed by atoms with van der Waals surface area (Å²) in [6.07, 6.45) is 5.12. The minimum atomic E-state index is -0.473. The minimum Gasteiger partial charge on any atom is -0.358 e. The summed E-state index contributed by atoms with van der Waals surface area (Å²) in [5.74, 6) is 0.923. The lowest BCUT2D eigenvalue weighted by Crippen LogP contribution is -2.28. The number of nitrogens with one attached hydrogen (secondary N) is 3. The molecule has 4 aromatic rings. The Kier molecular flexibility index (Phi) is 4.87. The summed E-state index contributed by atoms with van der Waals surface area (Å²) in [6, 6.07) is 5.31. The second kappa shape index (κ2) is 7.97. The van der Waals surface area contributed by atoms with E-state index in [9.17, 15) is 9.59 Å². The van der Waals surface area contributed by atoms with Gasteiger partial charge in [-0.15, -0.1) is 0 Å². The van der Waals surface area contributed by atoms with Crippen molar-refractivity contribution in [1.82, 2.24) is 35.4 Å². The van der Waals surface area contributed by atoms with Crippen LogP contribution in [0.15, 0.2) is 29.0 Å². The average Bonchev–Trinajstić information content (AvgIpc) is 3.27. The van der Waals surface area contributed by atoms with Gasteiger partial charge in [-0.1, -0.05) is 12.1 Å². The van der Waals surface area contributed by atoms with Crippen LogP contribution in [0, 0.1) is 0 Å². The fourth-order valence-electron chi connectivity index (χ4n) is 4.31. The molecule has 11 nitrogen and oxygen atoms in total. The summed E-state index contributed by atoms with van der Waals surface area (Å²) in [5.41, 5.74) is 4.10. The molecule has 1 atom stereocenters. The van der Waals surface area contributed by atoms with E-state index in [1.165, 1.54) is 6.33 Å². The Labute approximate surface area is 200 Å². The lowest BCUT2D eigenvalue weighted by molar-refractivity contribution is -0.116. The van der Waals surface area contributed by atoms with Gasteiger partial charge in [0.25, 0.3) is 5.91 Å². The van der Waals surface area contributed by atoms with E-state index >= 15 is 0 Å². The van der Waals surface area contributed by atoms with Crippen molar-refractivity contribution in [2.75, 3.05) is 5.32 Å². The molecule has 0 spiro atoms. The lowest BCUT2D eigenvalue weighted by Gasteiger charge is -2.13. The van der Waals surface area contributed by atoms with E-state index in [0.29, 0.717) is 53.6 Å². The summed E-state index contributed by atoms with van der Waals surface area (Å²) in [5, 5.41) is 9.77. The largest absolute Gasteiger partial charge is 0.358 e. The summed E-state index contributed by atoms with van der Waals surface area (Å²) >= 11 is 0. The minimum absolute atomic E-state index is 0.116. The zero-order valence-corrected chi connectivity index (χ0v) is 19.4. The van der Waals surface area contributed by atoms with E-state index in [4.69, 9.17) is 9.51 Å². The van der Waals surface area contributed by atoms with Crippen molar-refractivity contribution >= 4 is 28.8 Å². The number of anilines is 1. The van der Waals surface area contributed by atoms with E-state index < -0.39 is 6.04 Å². The van der Waals surface area contributed by atoms with Crippen molar-refractivity contribution in [3.05, 3.63) is 47.2 Å². The molecule has 0 unspecified atom stereocenters. The molecule has 2 amide bonds. The van der Waals surface area contributed by atoms with Crippen molar-refractivity contribution in [1.29, 1.82) is 0 Å². The van der Waals surface area contributed by atoms with Crippen LogP contribution in [0.5, 0.6) is 0 Å². The Balaban J connectivity index is 1.20. The van der Waals surface area contributed by atoms with Gasteiger partial charge in [-0.3, -0.25) is 9.59 Å². The number of pyridine rings is 1. The molecule has 3 N–H and O–H groups in total.